The van der Waals surface area contributed by atoms with E-state index in [2.05, 4.69) is 11.1 Å². The van der Waals surface area contributed by atoms with Gasteiger partial charge in [-0.25, -0.2) is 9.78 Å². The molecule has 0 spiro atoms. The van der Waals surface area contributed by atoms with Gasteiger partial charge in [0.2, 0.25) is 0 Å². The maximum absolute atomic E-state index is 12.4. The van der Waals surface area contributed by atoms with Crippen LogP contribution in [0.25, 0.3) is 0 Å². The molecule has 0 unspecified atom stereocenters. The van der Waals surface area contributed by atoms with Crippen molar-refractivity contribution in [3.63, 3.8) is 0 Å². The van der Waals surface area contributed by atoms with Gasteiger partial charge in [-0.05, 0) is 52.6 Å². The molecule has 1 aromatic heterocycles. The summed E-state index contributed by atoms with van der Waals surface area (Å²) in [4.78, 5) is 27.0. The van der Waals surface area contributed by atoms with Crippen molar-refractivity contribution in [2.24, 2.45) is 0 Å². The average Bonchev–Trinajstić information content (AvgIpc) is 2.78. The lowest BCUT2D eigenvalue weighted by Gasteiger charge is -2.31. The van der Waals surface area contributed by atoms with Crippen LogP contribution in [0.4, 0.5) is 10.5 Å². The first kappa shape index (κ1) is 21.2. The molecule has 0 saturated carbocycles. The molecule has 1 aliphatic carbocycles. The Morgan fingerprint density at radius 2 is 1.71 bits per heavy atom. The highest BCUT2D eigenvalue weighted by Gasteiger charge is 2.33. The van der Waals surface area contributed by atoms with Crippen LogP contribution in [0, 0.1) is 10.1 Å². The summed E-state index contributed by atoms with van der Waals surface area (Å²) < 4.78 is 10.9. The van der Waals surface area contributed by atoms with Crippen LogP contribution < -0.4 is 4.74 Å². The summed E-state index contributed by atoms with van der Waals surface area (Å²) in [5.74, 6) is 0.193. The number of fused-ring (bicyclic) bond motifs is 1. The minimum atomic E-state index is -0.827. The molecule has 0 N–H and O–H groups in total. The molecule has 3 aromatic rings. The van der Waals surface area contributed by atoms with Crippen LogP contribution in [-0.2, 0) is 17.6 Å². The highest BCUT2D eigenvalue weighted by Crippen LogP contribution is 2.40. The van der Waals surface area contributed by atoms with E-state index in [1.807, 2.05) is 36.4 Å². The molecule has 0 amide bonds. The minimum absolute atomic E-state index is 0.0197. The topological polar surface area (TPSA) is 91.6 Å². The molecule has 1 heterocycles. The Labute approximate surface area is 186 Å². The lowest BCUT2D eigenvalue weighted by molar-refractivity contribution is -0.384. The summed E-state index contributed by atoms with van der Waals surface area (Å²) in [6.07, 6.45) is 1.89. The van der Waals surface area contributed by atoms with Gasteiger partial charge in [0.25, 0.3) is 5.69 Å². The largest absolute Gasteiger partial charge is 0.514 e. The monoisotopic (exact) mass is 454 g/mol. The van der Waals surface area contributed by atoms with E-state index in [-0.39, 0.29) is 22.8 Å². The number of nitro groups is 1. The molecule has 0 fully saturated rings. The maximum atomic E-state index is 12.4. The molecule has 2 aromatic carbocycles. The van der Waals surface area contributed by atoms with Crippen molar-refractivity contribution in [1.29, 1.82) is 0 Å². The Hall–Kier alpha value is -3.04. The van der Waals surface area contributed by atoms with Crippen LogP contribution in [0.5, 0.6) is 5.75 Å². The Bertz CT molecular complexity index is 1060. The summed E-state index contributed by atoms with van der Waals surface area (Å²) in [5.41, 5.74) is 2.31. The molecule has 158 valence electrons. The smallest absolute Gasteiger partial charge is 0.429 e. The van der Waals surface area contributed by atoms with Gasteiger partial charge in [-0.3, -0.25) is 10.1 Å². The van der Waals surface area contributed by atoms with E-state index >= 15 is 0 Å². The number of hydrogen-bond acceptors (Lipinski definition) is 8. The zero-order valence-electron chi connectivity index (χ0n) is 16.2. The first-order chi connectivity index (χ1) is 15.1. The van der Waals surface area contributed by atoms with Gasteiger partial charge in [0.15, 0.2) is 0 Å². The third-order valence-electron chi connectivity index (χ3n) is 4.77. The third-order valence-corrected chi connectivity index (χ3v) is 7.53. The van der Waals surface area contributed by atoms with Crippen molar-refractivity contribution in [3.05, 3.63) is 94.2 Å². The van der Waals surface area contributed by atoms with Gasteiger partial charge in [0.05, 0.1) is 10.2 Å². The normalized spacial score (nSPS) is 17.4. The van der Waals surface area contributed by atoms with Gasteiger partial charge in [-0.15, -0.1) is 0 Å². The molecule has 0 bridgehead atoms. The second kappa shape index (κ2) is 9.84. The van der Waals surface area contributed by atoms with Gasteiger partial charge in [0.1, 0.15) is 16.9 Å². The Balaban J connectivity index is 1.44. The average molecular weight is 455 g/mol. The minimum Gasteiger partial charge on any atom is -0.429 e. The number of carbonyl (C=O) groups is 1. The third kappa shape index (κ3) is 5.56. The number of non-ortho nitro benzene ring substituents is 1. The van der Waals surface area contributed by atoms with E-state index in [1.54, 1.807) is 27.8 Å². The predicted molar refractivity (Wildman–Crippen MR) is 119 cm³/mol. The zero-order valence-corrected chi connectivity index (χ0v) is 17.9. The highest BCUT2D eigenvalue weighted by atomic mass is 33.1. The molecular formula is C22H18N2O5S2. The Morgan fingerprint density at radius 3 is 2.39 bits per heavy atom. The number of benzene rings is 2. The van der Waals surface area contributed by atoms with Gasteiger partial charge < -0.3 is 9.47 Å². The van der Waals surface area contributed by atoms with Crippen molar-refractivity contribution in [1.82, 2.24) is 4.98 Å². The SMILES string of the molecule is O=C(Oc1ccc([N+](=O)[O-])cc1)O[C@@H]1Cc2ccccc2C[C@H]1SSc1ccccn1. The van der Waals surface area contributed by atoms with Crippen LogP contribution in [-0.4, -0.2) is 27.4 Å². The van der Waals surface area contributed by atoms with Crippen molar-refractivity contribution in [2.45, 2.75) is 29.2 Å². The van der Waals surface area contributed by atoms with E-state index in [4.69, 9.17) is 9.47 Å². The summed E-state index contributed by atoms with van der Waals surface area (Å²) >= 11 is 0. The standard InChI is InChI=1S/C22H18N2O5S2/c25-22(28-18-10-8-17(9-11-18)24(26)27)29-19-13-15-5-1-2-6-16(15)14-20(19)30-31-21-7-3-4-12-23-21/h1-12,19-20H,13-14H2/t19-,20-/m1/s1. The number of rotatable bonds is 6. The first-order valence-electron chi connectivity index (χ1n) is 9.52. The number of nitro benzene ring substituents is 1. The number of pyridine rings is 1. The number of ether oxygens (including phenoxy) is 2. The zero-order chi connectivity index (χ0) is 21.6. The van der Waals surface area contributed by atoms with E-state index in [0.29, 0.717) is 6.42 Å². The first-order valence-corrected chi connectivity index (χ1v) is 11.7. The summed E-state index contributed by atoms with van der Waals surface area (Å²) in [5, 5.41) is 11.7. The molecule has 0 saturated heterocycles. The van der Waals surface area contributed by atoms with Crippen LogP contribution in [0.15, 0.2) is 78.0 Å². The van der Waals surface area contributed by atoms with E-state index in [9.17, 15) is 14.9 Å². The number of hydrogen-bond donors (Lipinski definition) is 0. The van der Waals surface area contributed by atoms with E-state index < -0.39 is 11.1 Å². The van der Waals surface area contributed by atoms with Crippen LogP contribution in [0.2, 0.25) is 0 Å². The van der Waals surface area contributed by atoms with Crippen molar-refractivity contribution >= 4 is 33.4 Å². The molecule has 0 aliphatic heterocycles. The van der Waals surface area contributed by atoms with Gasteiger partial charge >= 0.3 is 6.16 Å². The fourth-order valence-corrected chi connectivity index (χ4v) is 5.77. The lowest BCUT2D eigenvalue weighted by atomic mass is 9.89. The molecule has 31 heavy (non-hydrogen) atoms. The van der Waals surface area contributed by atoms with Crippen molar-refractivity contribution in [2.75, 3.05) is 0 Å². The number of carbonyl (C=O) groups excluding carboxylic acids is 1. The van der Waals surface area contributed by atoms with Crippen LogP contribution >= 0.6 is 21.6 Å². The fraction of sp³-hybridized carbons (Fsp3) is 0.182. The van der Waals surface area contributed by atoms with Crippen LogP contribution in [0.3, 0.4) is 0 Å². The molecule has 2 atom stereocenters. The summed E-state index contributed by atoms with van der Waals surface area (Å²) in [6.45, 7) is 0. The molecular weight excluding hydrogens is 436 g/mol. The molecule has 9 heteroatoms. The molecule has 7 nitrogen and oxygen atoms in total. The summed E-state index contributed by atoms with van der Waals surface area (Å²) in [7, 11) is 3.17. The lowest BCUT2D eigenvalue weighted by Crippen LogP contribution is -2.37. The number of nitrogens with zero attached hydrogens (tertiary/aromatic N) is 2. The van der Waals surface area contributed by atoms with Gasteiger partial charge in [-0.2, -0.15) is 0 Å². The second-order valence-electron chi connectivity index (χ2n) is 6.82. The Kier molecular flexibility index (Phi) is 6.73. The quantitative estimate of drug-likeness (QED) is 0.159. The molecule has 4 rings (SSSR count). The van der Waals surface area contributed by atoms with E-state index in [1.165, 1.54) is 29.8 Å². The van der Waals surface area contributed by atoms with Crippen LogP contribution in [0.1, 0.15) is 11.1 Å². The molecule has 1 aliphatic rings. The van der Waals surface area contributed by atoms with Crippen molar-refractivity contribution < 1.29 is 19.2 Å². The van der Waals surface area contributed by atoms with Gasteiger partial charge in [-0.1, -0.05) is 41.1 Å². The van der Waals surface area contributed by atoms with E-state index in [0.717, 1.165) is 17.0 Å². The fourth-order valence-electron chi connectivity index (χ4n) is 3.25. The van der Waals surface area contributed by atoms with Crippen molar-refractivity contribution in [3.8, 4) is 5.75 Å². The maximum Gasteiger partial charge on any atom is 0.514 e. The van der Waals surface area contributed by atoms with Gasteiger partial charge in [0, 0.05) is 24.8 Å². The molecule has 0 radical (unpaired) electrons. The highest BCUT2D eigenvalue weighted by molar-refractivity contribution is 8.76. The Morgan fingerprint density at radius 1 is 1.00 bits per heavy atom. The number of aromatic nitrogens is 1. The second-order valence-corrected chi connectivity index (χ2v) is 9.28. The predicted octanol–water partition coefficient (Wildman–Crippen LogP) is 5.48. The summed E-state index contributed by atoms with van der Waals surface area (Å²) in [6, 6.07) is 19.2.